The molecule has 0 fully saturated rings. The molecule has 9 aromatic carbocycles. The molecule has 0 aliphatic rings. The van der Waals surface area contributed by atoms with Gasteiger partial charge in [-0.3, -0.25) is 0 Å². The molecule has 0 saturated carbocycles. The van der Waals surface area contributed by atoms with Crippen LogP contribution in [0.2, 0.25) is 0 Å². The van der Waals surface area contributed by atoms with E-state index in [0.29, 0.717) is 0 Å². The summed E-state index contributed by atoms with van der Waals surface area (Å²) in [5, 5.41) is 5.08. The van der Waals surface area contributed by atoms with E-state index in [2.05, 4.69) is 217 Å². The van der Waals surface area contributed by atoms with Gasteiger partial charge in [0.25, 0.3) is 0 Å². The number of anilines is 3. The SMILES string of the molecule is c1ccc(-c2ccc(-c3ccc(N(c4ccccc4-c4ccc5ccccc5c4)c4ccccc4-c4ccc5sc6ccccc6c5c4)cc3)cc2)cc1. The third kappa shape index (κ3) is 5.84. The molecule has 0 radical (unpaired) electrons. The summed E-state index contributed by atoms with van der Waals surface area (Å²) in [4.78, 5) is 2.44. The van der Waals surface area contributed by atoms with E-state index in [9.17, 15) is 0 Å². The molecule has 54 heavy (non-hydrogen) atoms. The van der Waals surface area contributed by atoms with Crippen LogP contribution in [-0.2, 0) is 0 Å². The zero-order valence-corrected chi connectivity index (χ0v) is 30.4. The molecular formula is C52H35NS. The average Bonchev–Trinajstić information content (AvgIpc) is 3.63. The molecule has 0 amide bonds. The lowest BCUT2D eigenvalue weighted by atomic mass is 9.96. The summed E-state index contributed by atoms with van der Waals surface area (Å²) in [6, 6.07) is 77.2. The van der Waals surface area contributed by atoms with Gasteiger partial charge in [-0.2, -0.15) is 0 Å². The summed E-state index contributed by atoms with van der Waals surface area (Å²) in [5.74, 6) is 0. The minimum atomic E-state index is 1.10. The number of hydrogen-bond donors (Lipinski definition) is 0. The number of nitrogens with zero attached hydrogens (tertiary/aromatic N) is 1. The second kappa shape index (κ2) is 13.7. The van der Waals surface area contributed by atoms with E-state index >= 15 is 0 Å². The van der Waals surface area contributed by atoms with Gasteiger partial charge in [-0.15, -0.1) is 11.3 Å². The standard InChI is InChI=1S/C52H35NS/c1-2-12-36(13-3-1)38-22-24-39(25-23-38)40-28-31-44(32-29-40)53(49-19-9-6-16-45(49)42-27-26-37-14-4-5-15-41(37)34-42)50-20-10-7-17-46(50)43-30-33-52-48(35-43)47-18-8-11-21-51(47)54-52/h1-35H. The summed E-state index contributed by atoms with van der Waals surface area (Å²) >= 11 is 1.86. The highest BCUT2D eigenvalue weighted by Gasteiger charge is 2.21. The summed E-state index contributed by atoms with van der Waals surface area (Å²) in [5.41, 5.74) is 12.9. The van der Waals surface area contributed by atoms with E-state index in [0.717, 1.165) is 17.1 Å². The Labute approximate surface area is 319 Å². The van der Waals surface area contributed by atoms with Crippen molar-refractivity contribution in [3.05, 3.63) is 212 Å². The number of thiophene rings is 1. The van der Waals surface area contributed by atoms with Gasteiger partial charge in [0.1, 0.15) is 0 Å². The molecule has 254 valence electrons. The van der Waals surface area contributed by atoms with Crippen molar-refractivity contribution in [3.8, 4) is 44.5 Å². The van der Waals surface area contributed by atoms with Gasteiger partial charge < -0.3 is 4.90 Å². The Morgan fingerprint density at radius 1 is 0.296 bits per heavy atom. The maximum atomic E-state index is 2.44. The van der Waals surface area contributed by atoms with Gasteiger partial charge in [-0.25, -0.2) is 0 Å². The van der Waals surface area contributed by atoms with Crippen molar-refractivity contribution in [2.24, 2.45) is 0 Å². The fourth-order valence-electron chi connectivity index (χ4n) is 7.77. The van der Waals surface area contributed by atoms with Crippen LogP contribution in [0.15, 0.2) is 212 Å². The van der Waals surface area contributed by atoms with E-state index < -0.39 is 0 Å². The van der Waals surface area contributed by atoms with E-state index in [-0.39, 0.29) is 0 Å². The van der Waals surface area contributed by atoms with E-state index in [1.165, 1.54) is 75.5 Å². The van der Waals surface area contributed by atoms with Crippen LogP contribution >= 0.6 is 11.3 Å². The molecule has 0 aliphatic carbocycles. The first-order chi connectivity index (χ1) is 26.8. The molecule has 0 bridgehead atoms. The maximum Gasteiger partial charge on any atom is 0.0540 e. The van der Waals surface area contributed by atoms with Crippen molar-refractivity contribution in [1.82, 2.24) is 0 Å². The fraction of sp³-hybridized carbons (Fsp3) is 0. The Morgan fingerprint density at radius 2 is 0.778 bits per heavy atom. The summed E-state index contributed by atoms with van der Waals surface area (Å²) in [6.45, 7) is 0. The molecule has 0 atom stereocenters. The van der Waals surface area contributed by atoms with Crippen LogP contribution in [0, 0.1) is 0 Å². The Hall–Kier alpha value is -6.74. The molecule has 1 nitrogen and oxygen atoms in total. The smallest absolute Gasteiger partial charge is 0.0540 e. The van der Waals surface area contributed by atoms with Gasteiger partial charge in [0.15, 0.2) is 0 Å². The van der Waals surface area contributed by atoms with Gasteiger partial charge >= 0.3 is 0 Å². The van der Waals surface area contributed by atoms with Crippen LogP contribution in [-0.4, -0.2) is 0 Å². The first kappa shape index (κ1) is 32.0. The minimum absolute atomic E-state index is 1.10. The molecule has 10 rings (SSSR count). The molecule has 1 aromatic heterocycles. The molecule has 0 saturated heterocycles. The highest BCUT2D eigenvalue weighted by molar-refractivity contribution is 7.25. The normalized spacial score (nSPS) is 11.3. The molecule has 0 N–H and O–H groups in total. The highest BCUT2D eigenvalue weighted by Crippen LogP contribution is 2.46. The Morgan fingerprint density at radius 3 is 1.48 bits per heavy atom. The lowest BCUT2D eigenvalue weighted by Crippen LogP contribution is -2.12. The molecule has 2 heteroatoms. The number of benzene rings is 9. The first-order valence-corrected chi connectivity index (χ1v) is 19.2. The summed E-state index contributed by atoms with van der Waals surface area (Å²) < 4.78 is 2.63. The lowest BCUT2D eigenvalue weighted by Gasteiger charge is -2.30. The van der Waals surface area contributed by atoms with E-state index in [1.54, 1.807) is 0 Å². The van der Waals surface area contributed by atoms with Gasteiger partial charge in [-0.05, 0) is 92.7 Å². The minimum Gasteiger partial charge on any atom is -0.309 e. The number of rotatable bonds is 7. The van der Waals surface area contributed by atoms with Gasteiger partial charge in [-0.1, -0.05) is 164 Å². The van der Waals surface area contributed by atoms with Crippen molar-refractivity contribution in [1.29, 1.82) is 0 Å². The molecule has 10 aromatic rings. The molecule has 0 unspecified atom stereocenters. The Balaban J connectivity index is 1.12. The largest absolute Gasteiger partial charge is 0.309 e. The molecule has 0 spiro atoms. The Bertz CT molecular complexity index is 2920. The summed E-state index contributed by atoms with van der Waals surface area (Å²) in [7, 11) is 0. The van der Waals surface area contributed by atoms with Crippen molar-refractivity contribution in [3.63, 3.8) is 0 Å². The van der Waals surface area contributed by atoms with Gasteiger partial charge in [0.2, 0.25) is 0 Å². The second-order valence-corrected chi connectivity index (χ2v) is 14.8. The third-order valence-corrected chi connectivity index (χ3v) is 11.6. The Kier molecular flexibility index (Phi) is 8.09. The topological polar surface area (TPSA) is 3.24 Å². The van der Waals surface area contributed by atoms with Crippen LogP contribution in [0.25, 0.3) is 75.5 Å². The van der Waals surface area contributed by atoms with Crippen LogP contribution in [0.5, 0.6) is 0 Å². The molecular weight excluding hydrogens is 671 g/mol. The zero-order valence-electron chi connectivity index (χ0n) is 29.6. The number of hydrogen-bond acceptors (Lipinski definition) is 2. The van der Waals surface area contributed by atoms with Crippen LogP contribution in [0.1, 0.15) is 0 Å². The van der Waals surface area contributed by atoms with Crippen LogP contribution in [0.3, 0.4) is 0 Å². The maximum absolute atomic E-state index is 2.44. The molecule has 0 aliphatic heterocycles. The monoisotopic (exact) mass is 705 g/mol. The van der Waals surface area contributed by atoms with Crippen molar-refractivity contribution in [2.45, 2.75) is 0 Å². The average molecular weight is 706 g/mol. The first-order valence-electron chi connectivity index (χ1n) is 18.4. The van der Waals surface area contributed by atoms with Crippen LogP contribution < -0.4 is 4.90 Å². The van der Waals surface area contributed by atoms with E-state index in [4.69, 9.17) is 0 Å². The predicted octanol–water partition coefficient (Wildman–Crippen LogP) is 15.3. The van der Waals surface area contributed by atoms with Crippen LogP contribution in [0.4, 0.5) is 17.1 Å². The van der Waals surface area contributed by atoms with Gasteiger partial charge in [0.05, 0.1) is 11.4 Å². The quantitative estimate of drug-likeness (QED) is 0.160. The van der Waals surface area contributed by atoms with E-state index in [1.807, 2.05) is 11.3 Å². The number of para-hydroxylation sites is 2. The van der Waals surface area contributed by atoms with Crippen molar-refractivity contribution in [2.75, 3.05) is 4.90 Å². The zero-order chi connectivity index (χ0) is 35.8. The summed E-state index contributed by atoms with van der Waals surface area (Å²) in [6.07, 6.45) is 0. The lowest BCUT2D eigenvalue weighted by molar-refractivity contribution is 1.28. The number of fused-ring (bicyclic) bond motifs is 4. The second-order valence-electron chi connectivity index (χ2n) is 13.7. The molecule has 1 heterocycles. The van der Waals surface area contributed by atoms with Crippen molar-refractivity contribution < 1.29 is 0 Å². The highest BCUT2D eigenvalue weighted by atomic mass is 32.1. The third-order valence-electron chi connectivity index (χ3n) is 10.5. The van der Waals surface area contributed by atoms with Crippen molar-refractivity contribution >= 4 is 59.3 Å². The van der Waals surface area contributed by atoms with Gasteiger partial charge in [0, 0.05) is 37.0 Å². The fourth-order valence-corrected chi connectivity index (χ4v) is 8.86. The predicted molar refractivity (Wildman–Crippen MR) is 233 cm³/mol.